The molecular formula is C17H24F2IN5O. The van der Waals surface area contributed by atoms with E-state index in [2.05, 4.69) is 25.5 Å². The molecule has 0 aliphatic rings. The van der Waals surface area contributed by atoms with Crippen molar-refractivity contribution >= 4 is 29.9 Å². The number of aliphatic imine (C=N–C) groups is 1. The van der Waals surface area contributed by atoms with Crippen LogP contribution in [0.2, 0.25) is 0 Å². The van der Waals surface area contributed by atoms with Crippen molar-refractivity contribution in [2.24, 2.45) is 4.99 Å². The number of guanidine groups is 1. The summed E-state index contributed by atoms with van der Waals surface area (Å²) in [5, 5.41) is 10.5. The molecule has 26 heavy (non-hydrogen) atoms. The van der Waals surface area contributed by atoms with Crippen LogP contribution in [0.5, 0.6) is 5.75 Å². The smallest absolute Gasteiger partial charge is 0.387 e. The van der Waals surface area contributed by atoms with Gasteiger partial charge in [-0.2, -0.15) is 13.9 Å². The second-order valence-corrected chi connectivity index (χ2v) is 5.62. The molecule has 2 aromatic rings. The number of nitrogens with one attached hydrogen (secondary N) is 2. The van der Waals surface area contributed by atoms with Gasteiger partial charge in [0.2, 0.25) is 0 Å². The Bertz CT molecular complexity index is 721. The average molecular weight is 479 g/mol. The summed E-state index contributed by atoms with van der Waals surface area (Å²) in [6.07, 6.45) is 3.76. The van der Waals surface area contributed by atoms with Gasteiger partial charge in [-0.25, -0.2) is 0 Å². The van der Waals surface area contributed by atoms with E-state index in [4.69, 9.17) is 0 Å². The standard InChI is InChI=1S/C17H23F2N5O.HI/c1-12-4-5-15(25-16(18)19)14(8-12)10-22-17(20-3)21-6-7-24-11-13(2)9-23-24;/h4-5,8-9,11,16H,6-7,10H2,1-3H3,(H2,20,21,22);1H. The van der Waals surface area contributed by atoms with Crippen LogP contribution in [0.1, 0.15) is 16.7 Å². The summed E-state index contributed by atoms with van der Waals surface area (Å²) in [6, 6.07) is 5.10. The van der Waals surface area contributed by atoms with Gasteiger partial charge in [-0.05, 0) is 25.5 Å². The third-order valence-corrected chi connectivity index (χ3v) is 3.50. The summed E-state index contributed by atoms with van der Waals surface area (Å²) in [5.74, 6) is 0.740. The number of halogens is 3. The van der Waals surface area contributed by atoms with E-state index < -0.39 is 6.61 Å². The summed E-state index contributed by atoms with van der Waals surface area (Å²) in [6.45, 7) is 2.68. The molecule has 2 N–H and O–H groups in total. The van der Waals surface area contributed by atoms with Gasteiger partial charge >= 0.3 is 6.61 Å². The van der Waals surface area contributed by atoms with Crippen molar-refractivity contribution in [1.82, 2.24) is 20.4 Å². The predicted octanol–water partition coefficient (Wildman–Crippen LogP) is 3.08. The number of hydrogen-bond donors (Lipinski definition) is 2. The SMILES string of the molecule is CN=C(NCCn1cc(C)cn1)NCc1cc(C)ccc1OC(F)F.I. The van der Waals surface area contributed by atoms with Crippen LogP contribution >= 0.6 is 24.0 Å². The molecule has 0 saturated carbocycles. The normalized spacial score (nSPS) is 11.2. The highest BCUT2D eigenvalue weighted by molar-refractivity contribution is 14.0. The van der Waals surface area contributed by atoms with Crippen molar-refractivity contribution in [2.45, 2.75) is 33.5 Å². The van der Waals surface area contributed by atoms with Gasteiger partial charge in [0.1, 0.15) is 5.75 Å². The molecule has 1 aromatic heterocycles. The minimum Gasteiger partial charge on any atom is -0.434 e. The van der Waals surface area contributed by atoms with Crippen molar-refractivity contribution in [3.63, 3.8) is 0 Å². The molecule has 0 fully saturated rings. The maximum Gasteiger partial charge on any atom is 0.387 e. The first-order valence-corrected chi connectivity index (χ1v) is 7.96. The van der Waals surface area contributed by atoms with E-state index in [1.54, 1.807) is 25.4 Å². The molecule has 0 bridgehead atoms. The maximum atomic E-state index is 12.5. The third kappa shape index (κ3) is 7.14. The van der Waals surface area contributed by atoms with Gasteiger partial charge in [0, 0.05) is 31.9 Å². The quantitative estimate of drug-likeness (QED) is 0.364. The van der Waals surface area contributed by atoms with Crippen molar-refractivity contribution < 1.29 is 13.5 Å². The van der Waals surface area contributed by atoms with Crippen molar-refractivity contribution in [3.8, 4) is 5.75 Å². The average Bonchev–Trinajstić information content (AvgIpc) is 2.98. The van der Waals surface area contributed by atoms with Gasteiger partial charge in [-0.15, -0.1) is 24.0 Å². The summed E-state index contributed by atoms with van der Waals surface area (Å²) in [7, 11) is 1.65. The highest BCUT2D eigenvalue weighted by Gasteiger charge is 2.10. The zero-order valence-electron chi connectivity index (χ0n) is 15.0. The number of nitrogens with zero attached hydrogens (tertiary/aromatic N) is 3. The van der Waals surface area contributed by atoms with E-state index in [0.717, 1.165) is 11.1 Å². The molecule has 0 spiro atoms. The van der Waals surface area contributed by atoms with Crippen LogP contribution in [0.25, 0.3) is 0 Å². The number of aryl methyl sites for hydroxylation is 2. The van der Waals surface area contributed by atoms with Crippen LogP contribution in [0.15, 0.2) is 35.6 Å². The first-order valence-electron chi connectivity index (χ1n) is 7.96. The monoisotopic (exact) mass is 479 g/mol. The molecule has 0 radical (unpaired) electrons. The molecule has 0 saturated heterocycles. The highest BCUT2D eigenvalue weighted by Crippen LogP contribution is 2.21. The molecule has 6 nitrogen and oxygen atoms in total. The second-order valence-electron chi connectivity index (χ2n) is 5.62. The molecule has 0 unspecified atom stereocenters. The fourth-order valence-corrected chi connectivity index (χ4v) is 2.33. The molecule has 9 heteroatoms. The first kappa shape index (κ1) is 22.1. The van der Waals surface area contributed by atoms with Crippen LogP contribution in [-0.2, 0) is 13.1 Å². The van der Waals surface area contributed by atoms with Gasteiger partial charge in [-0.3, -0.25) is 9.67 Å². The van der Waals surface area contributed by atoms with Gasteiger partial charge in [0.05, 0.1) is 12.7 Å². The second kappa shape index (κ2) is 10.9. The minimum absolute atomic E-state index is 0. The fraction of sp³-hybridized carbons (Fsp3) is 0.412. The number of hydrogen-bond acceptors (Lipinski definition) is 3. The summed E-state index contributed by atoms with van der Waals surface area (Å²) in [4.78, 5) is 4.13. The number of benzene rings is 1. The van der Waals surface area contributed by atoms with Gasteiger partial charge in [-0.1, -0.05) is 17.7 Å². The lowest BCUT2D eigenvalue weighted by Gasteiger charge is -2.15. The summed E-state index contributed by atoms with van der Waals surface area (Å²) < 4.78 is 31.4. The van der Waals surface area contributed by atoms with E-state index in [0.29, 0.717) is 31.2 Å². The number of alkyl halides is 2. The van der Waals surface area contributed by atoms with E-state index >= 15 is 0 Å². The van der Waals surface area contributed by atoms with Crippen LogP contribution in [0, 0.1) is 13.8 Å². The number of aromatic nitrogens is 2. The molecule has 2 rings (SSSR count). The Morgan fingerprint density at radius 3 is 2.65 bits per heavy atom. The first-order chi connectivity index (χ1) is 12.0. The number of rotatable bonds is 7. The van der Waals surface area contributed by atoms with Crippen molar-refractivity contribution in [3.05, 3.63) is 47.3 Å². The molecule has 1 aromatic carbocycles. The van der Waals surface area contributed by atoms with E-state index in [9.17, 15) is 8.78 Å². The van der Waals surface area contributed by atoms with Crippen molar-refractivity contribution in [2.75, 3.05) is 13.6 Å². The van der Waals surface area contributed by atoms with E-state index in [1.807, 2.05) is 30.8 Å². The maximum absolute atomic E-state index is 12.5. The Morgan fingerprint density at radius 2 is 2.04 bits per heavy atom. The molecule has 0 atom stereocenters. The Balaban J connectivity index is 0.00000338. The molecule has 0 aliphatic carbocycles. The fourth-order valence-electron chi connectivity index (χ4n) is 2.33. The summed E-state index contributed by atoms with van der Waals surface area (Å²) in [5.41, 5.74) is 2.72. The van der Waals surface area contributed by atoms with E-state index in [-0.39, 0.29) is 29.7 Å². The molecule has 144 valence electrons. The van der Waals surface area contributed by atoms with Gasteiger partial charge in [0.25, 0.3) is 0 Å². The minimum atomic E-state index is -2.85. The molecule has 1 heterocycles. The number of ether oxygens (including phenoxy) is 1. The highest BCUT2D eigenvalue weighted by atomic mass is 127. The lowest BCUT2D eigenvalue weighted by atomic mass is 10.1. The molecule has 0 amide bonds. The zero-order chi connectivity index (χ0) is 18.2. The van der Waals surface area contributed by atoms with Gasteiger partial charge < -0.3 is 15.4 Å². The molecule has 0 aliphatic heterocycles. The third-order valence-electron chi connectivity index (χ3n) is 3.50. The Kier molecular flexibility index (Phi) is 9.31. The van der Waals surface area contributed by atoms with Crippen LogP contribution < -0.4 is 15.4 Å². The largest absolute Gasteiger partial charge is 0.434 e. The Morgan fingerprint density at radius 1 is 1.27 bits per heavy atom. The van der Waals surface area contributed by atoms with E-state index in [1.165, 1.54) is 0 Å². The van der Waals surface area contributed by atoms with Crippen LogP contribution in [0.3, 0.4) is 0 Å². The van der Waals surface area contributed by atoms with Crippen LogP contribution in [-0.4, -0.2) is 35.9 Å². The predicted molar refractivity (Wildman–Crippen MR) is 108 cm³/mol. The Labute approximate surface area is 169 Å². The topological polar surface area (TPSA) is 63.5 Å². The van der Waals surface area contributed by atoms with Gasteiger partial charge in [0.15, 0.2) is 5.96 Å². The Hall–Kier alpha value is -1.91. The lowest BCUT2D eigenvalue weighted by Crippen LogP contribution is -2.38. The summed E-state index contributed by atoms with van der Waals surface area (Å²) >= 11 is 0. The zero-order valence-corrected chi connectivity index (χ0v) is 17.3. The lowest BCUT2D eigenvalue weighted by molar-refractivity contribution is -0.0504. The van der Waals surface area contributed by atoms with Crippen LogP contribution in [0.4, 0.5) is 8.78 Å². The van der Waals surface area contributed by atoms with Crippen molar-refractivity contribution in [1.29, 1.82) is 0 Å². The molecular weight excluding hydrogens is 455 g/mol.